The number of aliphatic carboxylic acids is 1. The number of rotatable bonds is 5. The third-order valence-corrected chi connectivity index (χ3v) is 3.06. The first-order chi connectivity index (χ1) is 9.02. The summed E-state index contributed by atoms with van der Waals surface area (Å²) in [7, 11) is 1.57. The number of hydrogen-bond donors (Lipinski definition) is 2. The molecule has 0 aliphatic rings. The second-order valence-electron chi connectivity index (χ2n) is 4.39. The number of H-pyrrole nitrogens is 1. The van der Waals surface area contributed by atoms with Gasteiger partial charge in [0.1, 0.15) is 5.75 Å². The Kier molecular flexibility index (Phi) is 3.55. The molecule has 1 heterocycles. The van der Waals surface area contributed by atoms with Gasteiger partial charge in [-0.05, 0) is 24.6 Å². The van der Waals surface area contributed by atoms with Crippen molar-refractivity contribution >= 4 is 22.7 Å². The molecule has 2 aromatic rings. The Morgan fingerprint density at radius 1 is 1.32 bits per heavy atom. The number of nitrogens with one attached hydrogen (secondary N) is 1. The van der Waals surface area contributed by atoms with E-state index in [1.54, 1.807) is 19.4 Å². The molecule has 1 aromatic carbocycles. The minimum absolute atomic E-state index is 0.00144. The zero-order valence-corrected chi connectivity index (χ0v) is 10.8. The molecule has 0 saturated carbocycles. The lowest BCUT2D eigenvalue weighted by atomic mass is 10.0. The van der Waals surface area contributed by atoms with E-state index in [9.17, 15) is 9.59 Å². The average molecular weight is 261 g/mol. The fraction of sp³-hybridized carbons (Fsp3) is 0.286. The van der Waals surface area contributed by atoms with Gasteiger partial charge in [-0.3, -0.25) is 9.59 Å². The van der Waals surface area contributed by atoms with Crippen molar-refractivity contribution in [2.24, 2.45) is 0 Å². The fourth-order valence-corrected chi connectivity index (χ4v) is 2.08. The van der Waals surface area contributed by atoms with E-state index in [-0.39, 0.29) is 18.6 Å². The number of carbonyl (C=O) groups excluding carboxylic acids is 1. The summed E-state index contributed by atoms with van der Waals surface area (Å²) in [5.74, 6) is -0.472. The molecule has 19 heavy (non-hydrogen) atoms. The van der Waals surface area contributed by atoms with E-state index in [2.05, 4.69) is 4.98 Å². The van der Waals surface area contributed by atoms with E-state index in [4.69, 9.17) is 9.84 Å². The Bertz CT molecular complexity index is 642. The number of ketones is 1. The van der Waals surface area contributed by atoms with Crippen LogP contribution in [0.1, 0.15) is 28.8 Å². The Balaban J connectivity index is 2.41. The Labute approximate surface area is 110 Å². The highest BCUT2D eigenvalue weighted by Gasteiger charge is 2.15. The number of fused-ring (bicyclic) bond motifs is 1. The summed E-state index contributed by atoms with van der Waals surface area (Å²) in [4.78, 5) is 25.6. The van der Waals surface area contributed by atoms with E-state index < -0.39 is 5.97 Å². The van der Waals surface area contributed by atoms with Crippen molar-refractivity contribution in [1.82, 2.24) is 4.98 Å². The maximum atomic E-state index is 12.0. The Morgan fingerprint density at radius 2 is 2.05 bits per heavy atom. The van der Waals surface area contributed by atoms with Crippen molar-refractivity contribution in [3.63, 3.8) is 0 Å². The summed E-state index contributed by atoms with van der Waals surface area (Å²) in [6.45, 7) is 1.92. The van der Waals surface area contributed by atoms with Crippen LogP contribution in [0.15, 0.2) is 18.3 Å². The standard InChI is InChI=1S/C14H15NO4/c1-8-5-9(19-2)6-10-11(7-15-14(8)10)12(16)3-4-13(17)18/h5-7,15H,3-4H2,1-2H3,(H,17,18). The summed E-state index contributed by atoms with van der Waals surface area (Å²) >= 11 is 0. The summed E-state index contributed by atoms with van der Waals surface area (Å²) in [5, 5.41) is 9.39. The molecule has 0 radical (unpaired) electrons. The van der Waals surface area contributed by atoms with E-state index in [0.29, 0.717) is 11.3 Å². The van der Waals surface area contributed by atoms with E-state index in [1.165, 1.54) is 0 Å². The third kappa shape index (κ3) is 2.59. The Hall–Kier alpha value is -2.30. The molecule has 0 atom stereocenters. The van der Waals surface area contributed by atoms with Gasteiger partial charge in [0.25, 0.3) is 0 Å². The number of hydrogen-bond acceptors (Lipinski definition) is 3. The molecule has 5 heteroatoms. The molecule has 0 aliphatic heterocycles. The highest BCUT2D eigenvalue weighted by Crippen LogP contribution is 2.27. The largest absolute Gasteiger partial charge is 0.497 e. The van der Waals surface area contributed by atoms with Gasteiger partial charge >= 0.3 is 5.97 Å². The number of carbonyl (C=O) groups is 2. The third-order valence-electron chi connectivity index (χ3n) is 3.06. The second kappa shape index (κ2) is 5.14. The molecule has 2 N–H and O–H groups in total. The van der Waals surface area contributed by atoms with Gasteiger partial charge in [0, 0.05) is 29.1 Å². The van der Waals surface area contributed by atoms with Gasteiger partial charge in [0.2, 0.25) is 0 Å². The smallest absolute Gasteiger partial charge is 0.303 e. The van der Waals surface area contributed by atoms with E-state index in [1.807, 2.05) is 13.0 Å². The molecule has 0 unspecified atom stereocenters. The normalized spacial score (nSPS) is 10.6. The number of aromatic amines is 1. The number of Topliss-reactive ketones (excluding diaryl/α,β-unsaturated/α-hetero) is 1. The van der Waals surface area contributed by atoms with Crippen molar-refractivity contribution < 1.29 is 19.4 Å². The Morgan fingerprint density at radius 3 is 2.68 bits per heavy atom. The maximum absolute atomic E-state index is 12.0. The molecule has 0 bridgehead atoms. The molecule has 2 rings (SSSR count). The van der Waals surface area contributed by atoms with Crippen molar-refractivity contribution in [2.45, 2.75) is 19.8 Å². The molecular weight excluding hydrogens is 246 g/mol. The average Bonchev–Trinajstić information content (AvgIpc) is 2.80. The van der Waals surface area contributed by atoms with Crippen LogP contribution in [0.2, 0.25) is 0 Å². The summed E-state index contributed by atoms with van der Waals surface area (Å²) in [5.41, 5.74) is 2.37. The number of ether oxygens (including phenoxy) is 1. The van der Waals surface area contributed by atoms with Crippen LogP contribution in [0.25, 0.3) is 10.9 Å². The van der Waals surface area contributed by atoms with Crippen LogP contribution in [0.3, 0.4) is 0 Å². The van der Waals surface area contributed by atoms with Crippen molar-refractivity contribution in [3.05, 3.63) is 29.5 Å². The van der Waals surface area contributed by atoms with Crippen LogP contribution >= 0.6 is 0 Å². The molecule has 0 aliphatic carbocycles. The fourth-order valence-electron chi connectivity index (χ4n) is 2.08. The molecule has 0 fully saturated rings. The molecule has 1 aromatic heterocycles. The monoisotopic (exact) mass is 261 g/mol. The molecule has 5 nitrogen and oxygen atoms in total. The lowest BCUT2D eigenvalue weighted by Crippen LogP contribution is -2.03. The van der Waals surface area contributed by atoms with Gasteiger partial charge in [0.05, 0.1) is 13.5 Å². The second-order valence-corrected chi connectivity index (χ2v) is 4.39. The quantitative estimate of drug-likeness (QED) is 0.810. The zero-order chi connectivity index (χ0) is 14.0. The van der Waals surface area contributed by atoms with Gasteiger partial charge in [-0.15, -0.1) is 0 Å². The molecular formula is C14H15NO4. The van der Waals surface area contributed by atoms with Crippen LogP contribution in [0.5, 0.6) is 5.75 Å². The number of aryl methyl sites for hydroxylation is 1. The van der Waals surface area contributed by atoms with Crippen molar-refractivity contribution in [3.8, 4) is 5.75 Å². The van der Waals surface area contributed by atoms with Crippen molar-refractivity contribution in [1.29, 1.82) is 0 Å². The van der Waals surface area contributed by atoms with E-state index in [0.717, 1.165) is 16.5 Å². The number of methoxy groups -OCH3 is 1. The maximum Gasteiger partial charge on any atom is 0.303 e. The van der Waals surface area contributed by atoms with Crippen molar-refractivity contribution in [2.75, 3.05) is 7.11 Å². The minimum Gasteiger partial charge on any atom is -0.497 e. The van der Waals surface area contributed by atoms with Gasteiger partial charge < -0.3 is 14.8 Å². The predicted molar refractivity (Wildman–Crippen MR) is 70.8 cm³/mol. The van der Waals surface area contributed by atoms with Gasteiger partial charge in [-0.2, -0.15) is 0 Å². The van der Waals surface area contributed by atoms with Gasteiger partial charge in [0.15, 0.2) is 5.78 Å². The number of aromatic nitrogens is 1. The number of benzene rings is 1. The number of carboxylic acid groups (broad SMARTS) is 1. The summed E-state index contributed by atoms with van der Waals surface area (Å²) in [6.07, 6.45) is 1.47. The van der Waals surface area contributed by atoms with Crippen LogP contribution in [-0.4, -0.2) is 29.0 Å². The highest BCUT2D eigenvalue weighted by molar-refractivity contribution is 6.09. The van der Waals surface area contributed by atoms with Crippen LogP contribution in [-0.2, 0) is 4.79 Å². The summed E-state index contributed by atoms with van der Waals surface area (Å²) in [6, 6.07) is 3.66. The van der Waals surface area contributed by atoms with Crippen LogP contribution < -0.4 is 4.74 Å². The van der Waals surface area contributed by atoms with Gasteiger partial charge in [-0.25, -0.2) is 0 Å². The molecule has 0 saturated heterocycles. The van der Waals surface area contributed by atoms with E-state index >= 15 is 0 Å². The first-order valence-electron chi connectivity index (χ1n) is 5.93. The minimum atomic E-state index is -0.970. The lowest BCUT2D eigenvalue weighted by molar-refractivity contribution is -0.136. The summed E-state index contributed by atoms with van der Waals surface area (Å²) < 4.78 is 5.19. The van der Waals surface area contributed by atoms with Crippen LogP contribution in [0.4, 0.5) is 0 Å². The van der Waals surface area contributed by atoms with Crippen LogP contribution in [0, 0.1) is 6.92 Å². The van der Waals surface area contributed by atoms with Gasteiger partial charge in [-0.1, -0.05) is 0 Å². The SMILES string of the molecule is COc1cc(C)c2[nH]cc(C(=O)CCC(=O)O)c2c1. The molecule has 0 amide bonds. The number of carboxylic acids is 1. The lowest BCUT2D eigenvalue weighted by Gasteiger charge is -2.04. The molecule has 100 valence electrons. The topological polar surface area (TPSA) is 79.4 Å². The first-order valence-corrected chi connectivity index (χ1v) is 5.93. The highest BCUT2D eigenvalue weighted by atomic mass is 16.5. The zero-order valence-electron chi connectivity index (χ0n) is 10.8. The first kappa shape index (κ1) is 13.1. The predicted octanol–water partition coefficient (Wildman–Crippen LogP) is 2.53. The molecule has 0 spiro atoms.